The lowest BCUT2D eigenvalue weighted by Crippen LogP contribution is -2.51. The van der Waals surface area contributed by atoms with E-state index in [1.54, 1.807) is 6.07 Å². The molecule has 0 radical (unpaired) electrons. The Labute approximate surface area is 292 Å². The number of benzene rings is 1. The summed E-state index contributed by atoms with van der Waals surface area (Å²) in [7, 11) is 0. The molecule has 3 saturated carbocycles. The molecule has 0 spiro atoms. The third-order valence-electron chi connectivity index (χ3n) is 14.2. The van der Waals surface area contributed by atoms with Crippen molar-refractivity contribution in [1.29, 1.82) is 0 Å². The molecule has 3 fully saturated rings. The number of ether oxygens (including phenoxy) is 2. The highest BCUT2D eigenvalue weighted by atomic mass is 35.5. The van der Waals surface area contributed by atoms with Crippen LogP contribution in [0, 0.1) is 46.3 Å². The van der Waals surface area contributed by atoms with Crippen LogP contribution in [-0.2, 0) is 22.4 Å². The Morgan fingerprint density at radius 2 is 1.79 bits per heavy atom. The largest absolute Gasteiger partial charge is 0.480 e. The van der Waals surface area contributed by atoms with Crippen LogP contribution < -0.4 is 10.4 Å². The Morgan fingerprint density at radius 1 is 1.00 bits per heavy atom. The fraction of sp³-hybridized carbons (Fsp3) is 0.714. The van der Waals surface area contributed by atoms with Crippen molar-refractivity contribution in [2.75, 3.05) is 6.61 Å². The molecule has 262 valence electrons. The van der Waals surface area contributed by atoms with E-state index in [9.17, 15) is 9.59 Å². The molecule has 1 aromatic carbocycles. The van der Waals surface area contributed by atoms with Crippen molar-refractivity contribution in [3.05, 3.63) is 50.4 Å². The number of halogens is 1. The number of hydrogen-bond donors (Lipinski definition) is 0. The number of allylic oxidation sites excluding steroid dienone is 1. The van der Waals surface area contributed by atoms with Crippen LogP contribution in [0.5, 0.6) is 5.75 Å². The number of carbonyl (C=O) groups excluding carboxylic acids is 1. The molecule has 0 N–H and O–H groups in total. The fourth-order valence-electron chi connectivity index (χ4n) is 11.7. The highest BCUT2D eigenvalue weighted by molar-refractivity contribution is 6.32. The van der Waals surface area contributed by atoms with E-state index in [1.807, 2.05) is 6.07 Å². The van der Waals surface area contributed by atoms with E-state index < -0.39 is 0 Å². The molecule has 8 atom stereocenters. The van der Waals surface area contributed by atoms with Crippen molar-refractivity contribution in [3.8, 4) is 5.75 Å². The highest BCUT2D eigenvalue weighted by Crippen LogP contribution is 2.67. The maximum Gasteiger partial charge on any atom is 0.344 e. The van der Waals surface area contributed by atoms with Crippen LogP contribution in [0.3, 0.4) is 0 Å². The van der Waals surface area contributed by atoms with E-state index in [-0.39, 0.29) is 29.7 Å². The number of fused-ring (bicyclic) bond motifs is 8. The lowest BCUT2D eigenvalue weighted by molar-refractivity contribution is -0.153. The first-order valence-corrected chi connectivity index (χ1v) is 19.7. The first-order valence-electron chi connectivity index (χ1n) is 19.3. The molecule has 48 heavy (non-hydrogen) atoms. The number of hydrogen-bond acceptors (Lipinski definition) is 5. The summed E-state index contributed by atoms with van der Waals surface area (Å²) < 4.78 is 17.5. The van der Waals surface area contributed by atoms with E-state index in [0.717, 1.165) is 97.0 Å². The van der Waals surface area contributed by atoms with Crippen molar-refractivity contribution < 1.29 is 18.7 Å². The van der Waals surface area contributed by atoms with E-state index in [1.165, 1.54) is 56.9 Å². The van der Waals surface area contributed by atoms with Gasteiger partial charge in [0.15, 0.2) is 6.61 Å². The molecule has 1 heterocycles. The van der Waals surface area contributed by atoms with Gasteiger partial charge in [0.1, 0.15) is 17.4 Å². The Hall–Kier alpha value is -2.27. The molecule has 2 aromatic rings. The van der Waals surface area contributed by atoms with Crippen LogP contribution in [0.4, 0.5) is 0 Å². The van der Waals surface area contributed by atoms with Gasteiger partial charge in [-0.1, -0.05) is 77.1 Å². The van der Waals surface area contributed by atoms with Crippen molar-refractivity contribution >= 4 is 28.5 Å². The SMILES string of the molecule is CC(C)CCC[C@@H](C)[C@H]1CC[C@@H]2[C@H]3CC=C4C[C@@H](OC(=O)COc5cc6oc(=O)c7c(c6cc5Cl)CCCC7)CC[C@]4(C)[C@@H]3CC[C@@]21C. The number of rotatable bonds is 9. The summed E-state index contributed by atoms with van der Waals surface area (Å²) in [4.78, 5) is 25.6. The molecule has 7 rings (SSSR count). The second-order valence-electron chi connectivity index (χ2n) is 17.3. The van der Waals surface area contributed by atoms with Crippen molar-refractivity contribution in [2.45, 2.75) is 137 Å². The number of aryl methyl sites for hydroxylation is 1. The summed E-state index contributed by atoms with van der Waals surface area (Å²) in [6.45, 7) is 12.2. The lowest BCUT2D eigenvalue weighted by Gasteiger charge is -2.58. The smallest absolute Gasteiger partial charge is 0.344 e. The van der Waals surface area contributed by atoms with Crippen molar-refractivity contribution in [2.24, 2.45) is 46.3 Å². The summed E-state index contributed by atoms with van der Waals surface area (Å²) in [5.41, 5.74) is 4.19. The molecule has 5 aliphatic carbocycles. The molecule has 0 unspecified atom stereocenters. The second-order valence-corrected chi connectivity index (χ2v) is 17.7. The van der Waals surface area contributed by atoms with Gasteiger partial charge >= 0.3 is 11.6 Å². The average Bonchev–Trinajstić information content (AvgIpc) is 3.42. The second kappa shape index (κ2) is 13.5. The molecule has 0 saturated heterocycles. The number of carbonyl (C=O) groups is 1. The first-order chi connectivity index (χ1) is 23.0. The van der Waals surface area contributed by atoms with Gasteiger partial charge in [0.2, 0.25) is 0 Å². The molecule has 0 aliphatic heterocycles. The van der Waals surface area contributed by atoms with Gasteiger partial charge in [0.25, 0.3) is 0 Å². The summed E-state index contributed by atoms with van der Waals surface area (Å²) >= 11 is 6.60. The van der Waals surface area contributed by atoms with Gasteiger partial charge < -0.3 is 13.9 Å². The predicted octanol–water partition coefficient (Wildman–Crippen LogP) is 10.7. The minimum absolute atomic E-state index is 0.120. The van der Waals surface area contributed by atoms with Gasteiger partial charge in [-0.3, -0.25) is 0 Å². The predicted molar refractivity (Wildman–Crippen MR) is 193 cm³/mol. The third-order valence-corrected chi connectivity index (χ3v) is 14.5. The molecule has 0 bridgehead atoms. The van der Waals surface area contributed by atoms with Gasteiger partial charge in [-0.05, 0) is 129 Å². The van der Waals surface area contributed by atoms with Crippen molar-refractivity contribution in [3.63, 3.8) is 0 Å². The summed E-state index contributed by atoms with van der Waals surface area (Å²) in [6, 6.07) is 3.45. The molecule has 5 aliphatic rings. The topological polar surface area (TPSA) is 65.7 Å². The zero-order valence-electron chi connectivity index (χ0n) is 30.0. The first kappa shape index (κ1) is 34.2. The zero-order valence-corrected chi connectivity index (χ0v) is 30.8. The summed E-state index contributed by atoms with van der Waals surface area (Å²) in [6.07, 6.45) is 19.7. The van der Waals surface area contributed by atoms with Crippen LogP contribution in [-0.4, -0.2) is 18.7 Å². The molecule has 0 amide bonds. The van der Waals surface area contributed by atoms with Crippen LogP contribution in [0.15, 0.2) is 33.0 Å². The Morgan fingerprint density at radius 3 is 2.58 bits per heavy atom. The Balaban J connectivity index is 0.966. The van der Waals surface area contributed by atoms with Crippen molar-refractivity contribution in [1.82, 2.24) is 0 Å². The normalized spacial score (nSPS) is 33.3. The van der Waals surface area contributed by atoms with E-state index in [0.29, 0.717) is 21.8 Å². The van der Waals surface area contributed by atoms with Crippen LogP contribution in [0.1, 0.15) is 129 Å². The van der Waals surface area contributed by atoms with Gasteiger partial charge in [0.05, 0.1) is 5.02 Å². The standard InChI is InChI=1S/C42H57ClO5/c1-25(2)9-8-10-26(3)33-15-16-34-31-14-13-27-21-28(17-19-41(27,4)35(31)18-20-42(33,34)5)47-39(44)24-46-38-23-37-32(22-36(38)43)29-11-6-7-12-30(29)40(45)48-37/h13,22-23,25-26,28,31,33-35H,6-12,14-21,24H2,1-5H3/t26-,28+,31-,33-,34-,35-,41+,42-/m1/s1. The maximum atomic E-state index is 13.0. The minimum Gasteiger partial charge on any atom is -0.480 e. The molecular weight excluding hydrogens is 620 g/mol. The van der Waals surface area contributed by atoms with Gasteiger partial charge in [0, 0.05) is 23.4 Å². The minimum atomic E-state index is -0.381. The van der Waals surface area contributed by atoms with Gasteiger partial charge in [-0.2, -0.15) is 0 Å². The van der Waals surface area contributed by atoms with E-state index in [4.69, 9.17) is 25.5 Å². The van der Waals surface area contributed by atoms with Crippen LogP contribution >= 0.6 is 11.6 Å². The molecule has 6 heteroatoms. The molecular formula is C42H57ClO5. The summed E-state index contributed by atoms with van der Waals surface area (Å²) in [5.74, 6) is 4.84. The van der Waals surface area contributed by atoms with Crippen LogP contribution in [0.2, 0.25) is 5.02 Å². The Bertz CT molecular complexity index is 1620. The number of esters is 1. The maximum absolute atomic E-state index is 13.0. The van der Waals surface area contributed by atoms with Gasteiger partial charge in [-0.25, -0.2) is 9.59 Å². The summed E-state index contributed by atoms with van der Waals surface area (Å²) in [5, 5.41) is 1.27. The third kappa shape index (κ3) is 6.17. The monoisotopic (exact) mass is 676 g/mol. The highest BCUT2D eigenvalue weighted by Gasteiger charge is 2.59. The van der Waals surface area contributed by atoms with Crippen LogP contribution in [0.25, 0.3) is 11.0 Å². The zero-order chi connectivity index (χ0) is 33.8. The quantitative estimate of drug-likeness (QED) is 0.150. The van der Waals surface area contributed by atoms with E-state index >= 15 is 0 Å². The Kier molecular flexibility index (Phi) is 9.58. The van der Waals surface area contributed by atoms with E-state index in [2.05, 4.69) is 40.7 Å². The lowest BCUT2D eigenvalue weighted by atomic mass is 9.47. The fourth-order valence-corrected chi connectivity index (χ4v) is 11.9. The molecule has 1 aromatic heterocycles. The van der Waals surface area contributed by atoms with Gasteiger partial charge in [-0.15, -0.1) is 0 Å². The molecule has 5 nitrogen and oxygen atoms in total. The average molecular weight is 677 g/mol.